The lowest BCUT2D eigenvalue weighted by atomic mass is 9.92. The molecule has 0 heterocycles. The third-order valence-corrected chi connectivity index (χ3v) is 4.45. The van der Waals surface area contributed by atoms with E-state index in [0.717, 1.165) is 12.3 Å². The van der Waals surface area contributed by atoms with Crippen LogP contribution >= 0.6 is 0 Å². The standard InChI is InChI=1S/C15H29NO/c1-12(2)16(11-13-9-10-13)14-7-5-3-4-6-8-15(14)17/h12-15,17H,3-11H2,1-2H3. The van der Waals surface area contributed by atoms with E-state index in [4.69, 9.17) is 0 Å². The fourth-order valence-corrected chi connectivity index (χ4v) is 3.16. The average molecular weight is 239 g/mol. The molecule has 17 heavy (non-hydrogen) atoms. The molecule has 2 rings (SSSR count). The van der Waals surface area contributed by atoms with E-state index in [0.29, 0.717) is 12.1 Å². The van der Waals surface area contributed by atoms with Gasteiger partial charge in [-0.25, -0.2) is 0 Å². The highest BCUT2D eigenvalue weighted by molar-refractivity contribution is 4.87. The quantitative estimate of drug-likeness (QED) is 0.814. The molecular weight excluding hydrogens is 210 g/mol. The fourth-order valence-electron chi connectivity index (χ4n) is 3.16. The van der Waals surface area contributed by atoms with Crippen LogP contribution in [0, 0.1) is 5.92 Å². The molecule has 2 saturated carbocycles. The van der Waals surface area contributed by atoms with Crippen molar-refractivity contribution in [1.29, 1.82) is 0 Å². The molecule has 0 spiro atoms. The monoisotopic (exact) mass is 239 g/mol. The highest BCUT2D eigenvalue weighted by atomic mass is 16.3. The van der Waals surface area contributed by atoms with E-state index in [1.54, 1.807) is 0 Å². The molecule has 2 heteroatoms. The normalized spacial score (nSPS) is 31.6. The number of rotatable bonds is 4. The van der Waals surface area contributed by atoms with Crippen LogP contribution in [0.2, 0.25) is 0 Å². The lowest BCUT2D eigenvalue weighted by Crippen LogP contribution is -2.48. The number of aliphatic hydroxyl groups is 1. The van der Waals surface area contributed by atoms with E-state index in [-0.39, 0.29) is 6.10 Å². The van der Waals surface area contributed by atoms with Crippen molar-refractivity contribution in [3.8, 4) is 0 Å². The second-order valence-electron chi connectivity index (χ2n) is 6.36. The van der Waals surface area contributed by atoms with E-state index in [2.05, 4.69) is 18.7 Å². The largest absolute Gasteiger partial charge is 0.391 e. The zero-order valence-electron chi connectivity index (χ0n) is 11.6. The first-order chi connectivity index (χ1) is 8.18. The smallest absolute Gasteiger partial charge is 0.0695 e. The van der Waals surface area contributed by atoms with E-state index in [1.807, 2.05) is 0 Å². The van der Waals surface area contributed by atoms with Crippen LogP contribution in [0.1, 0.15) is 65.2 Å². The van der Waals surface area contributed by atoms with Crippen LogP contribution < -0.4 is 0 Å². The van der Waals surface area contributed by atoms with Gasteiger partial charge in [0.1, 0.15) is 0 Å². The molecule has 2 aliphatic carbocycles. The van der Waals surface area contributed by atoms with Crippen molar-refractivity contribution in [3.63, 3.8) is 0 Å². The summed E-state index contributed by atoms with van der Waals surface area (Å²) in [5.41, 5.74) is 0. The van der Waals surface area contributed by atoms with Gasteiger partial charge in [-0.15, -0.1) is 0 Å². The van der Waals surface area contributed by atoms with Gasteiger partial charge in [0.2, 0.25) is 0 Å². The van der Waals surface area contributed by atoms with Gasteiger partial charge in [0, 0.05) is 18.6 Å². The molecular formula is C15H29NO. The molecule has 0 aromatic heterocycles. The van der Waals surface area contributed by atoms with Crippen molar-refractivity contribution in [2.24, 2.45) is 5.92 Å². The number of hydrogen-bond acceptors (Lipinski definition) is 2. The Hall–Kier alpha value is -0.0800. The molecule has 1 N–H and O–H groups in total. The van der Waals surface area contributed by atoms with Gasteiger partial charge in [-0.05, 0) is 45.4 Å². The highest BCUT2D eigenvalue weighted by Gasteiger charge is 2.32. The van der Waals surface area contributed by atoms with Crippen LogP contribution in [-0.4, -0.2) is 34.7 Å². The first kappa shape index (κ1) is 13.4. The summed E-state index contributed by atoms with van der Waals surface area (Å²) in [5.74, 6) is 0.926. The van der Waals surface area contributed by atoms with Crippen LogP contribution in [0.25, 0.3) is 0 Å². The zero-order chi connectivity index (χ0) is 12.3. The molecule has 2 unspecified atom stereocenters. The summed E-state index contributed by atoms with van der Waals surface area (Å²) in [7, 11) is 0. The van der Waals surface area contributed by atoms with Crippen molar-refractivity contribution in [2.75, 3.05) is 6.54 Å². The summed E-state index contributed by atoms with van der Waals surface area (Å²) >= 11 is 0. The third-order valence-electron chi connectivity index (χ3n) is 4.45. The topological polar surface area (TPSA) is 23.5 Å². The molecule has 2 aliphatic rings. The minimum absolute atomic E-state index is 0.0866. The molecule has 0 saturated heterocycles. The second kappa shape index (κ2) is 6.19. The molecule has 0 aliphatic heterocycles. The van der Waals surface area contributed by atoms with Gasteiger partial charge in [0.15, 0.2) is 0 Å². The van der Waals surface area contributed by atoms with Gasteiger partial charge in [0.25, 0.3) is 0 Å². The van der Waals surface area contributed by atoms with Gasteiger partial charge in [-0.3, -0.25) is 4.90 Å². The predicted octanol–water partition coefficient (Wildman–Crippen LogP) is 3.19. The van der Waals surface area contributed by atoms with Crippen LogP contribution in [-0.2, 0) is 0 Å². The summed E-state index contributed by atoms with van der Waals surface area (Å²) in [6.45, 7) is 5.79. The second-order valence-corrected chi connectivity index (χ2v) is 6.36. The Labute approximate surface area is 106 Å². The number of nitrogens with zero attached hydrogens (tertiary/aromatic N) is 1. The Morgan fingerprint density at radius 2 is 1.65 bits per heavy atom. The van der Waals surface area contributed by atoms with Crippen molar-refractivity contribution < 1.29 is 5.11 Å². The fraction of sp³-hybridized carbons (Fsp3) is 1.00. The predicted molar refractivity (Wildman–Crippen MR) is 72.1 cm³/mol. The lowest BCUT2D eigenvalue weighted by molar-refractivity contribution is 0.0130. The highest BCUT2D eigenvalue weighted by Crippen LogP contribution is 2.33. The van der Waals surface area contributed by atoms with Crippen molar-refractivity contribution in [1.82, 2.24) is 4.90 Å². The number of aliphatic hydroxyl groups excluding tert-OH is 1. The van der Waals surface area contributed by atoms with Crippen LogP contribution in [0.15, 0.2) is 0 Å². The molecule has 0 aromatic rings. The van der Waals surface area contributed by atoms with Crippen molar-refractivity contribution in [3.05, 3.63) is 0 Å². The Morgan fingerprint density at radius 1 is 1.00 bits per heavy atom. The van der Waals surface area contributed by atoms with E-state index in [1.165, 1.54) is 51.5 Å². The van der Waals surface area contributed by atoms with Gasteiger partial charge in [-0.2, -0.15) is 0 Å². The molecule has 0 amide bonds. The molecule has 100 valence electrons. The van der Waals surface area contributed by atoms with E-state index >= 15 is 0 Å². The summed E-state index contributed by atoms with van der Waals surface area (Å²) in [6, 6.07) is 1.01. The molecule has 0 aromatic carbocycles. The molecule has 0 radical (unpaired) electrons. The summed E-state index contributed by atoms with van der Waals surface area (Å²) in [4.78, 5) is 2.59. The molecule has 0 bridgehead atoms. The number of hydrogen-bond donors (Lipinski definition) is 1. The Kier molecular flexibility index (Phi) is 4.87. The maximum Gasteiger partial charge on any atom is 0.0695 e. The van der Waals surface area contributed by atoms with Crippen LogP contribution in [0.4, 0.5) is 0 Å². The molecule has 2 nitrogen and oxygen atoms in total. The average Bonchev–Trinajstić information content (AvgIpc) is 3.05. The van der Waals surface area contributed by atoms with Gasteiger partial charge < -0.3 is 5.11 Å². The van der Waals surface area contributed by atoms with E-state index < -0.39 is 0 Å². The summed E-state index contributed by atoms with van der Waals surface area (Å²) in [5, 5.41) is 10.4. The maximum absolute atomic E-state index is 10.4. The minimum atomic E-state index is -0.0866. The summed E-state index contributed by atoms with van der Waals surface area (Å²) < 4.78 is 0. The Morgan fingerprint density at radius 3 is 2.24 bits per heavy atom. The van der Waals surface area contributed by atoms with Crippen molar-refractivity contribution in [2.45, 2.75) is 83.4 Å². The third kappa shape index (κ3) is 3.96. The van der Waals surface area contributed by atoms with Crippen LogP contribution in [0.3, 0.4) is 0 Å². The lowest BCUT2D eigenvalue weighted by Gasteiger charge is -2.39. The maximum atomic E-state index is 10.4. The van der Waals surface area contributed by atoms with E-state index in [9.17, 15) is 5.11 Å². The van der Waals surface area contributed by atoms with Gasteiger partial charge >= 0.3 is 0 Å². The van der Waals surface area contributed by atoms with Gasteiger partial charge in [-0.1, -0.05) is 25.7 Å². The Balaban J connectivity index is 1.96. The summed E-state index contributed by atoms with van der Waals surface area (Å²) in [6.07, 6.45) is 10.1. The SMILES string of the molecule is CC(C)N(CC1CC1)C1CCCCCCC1O. The first-order valence-electron chi connectivity index (χ1n) is 7.62. The van der Waals surface area contributed by atoms with Gasteiger partial charge in [0.05, 0.1) is 6.10 Å². The molecule has 2 atom stereocenters. The van der Waals surface area contributed by atoms with Crippen LogP contribution in [0.5, 0.6) is 0 Å². The van der Waals surface area contributed by atoms with Crippen molar-refractivity contribution >= 4 is 0 Å². The Bertz CT molecular complexity index is 225. The molecule has 2 fully saturated rings. The zero-order valence-corrected chi connectivity index (χ0v) is 11.6. The first-order valence-corrected chi connectivity index (χ1v) is 7.62. The minimum Gasteiger partial charge on any atom is -0.391 e.